The number of para-hydroxylation sites is 1. The van der Waals surface area contributed by atoms with Crippen LogP contribution in [0.1, 0.15) is 18.0 Å². The van der Waals surface area contributed by atoms with Crippen molar-refractivity contribution < 1.29 is 14.0 Å². The first kappa shape index (κ1) is 15.2. The number of nitrogens with one attached hydrogen (secondary N) is 1. The lowest BCUT2D eigenvalue weighted by atomic mass is 9.93. The van der Waals surface area contributed by atoms with Crippen LogP contribution in [0.3, 0.4) is 0 Å². The molecule has 0 unspecified atom stereocenters. The molecule has 1 N–H and O–H groups in total. The zero-order valence-electron chi connectivity index (χ0n) is 12.7. The number of hydrogen-bond donors (Lipinski definition) is 1. The summed E-state index contributed by atoms with van der Waals surface area (Å²) in [6.07, 6.45) is 0.150. The molecular weight excluding hydrogens is 295 g/mol. The van der Waals surface area contributed by atoms with Gasteiger partial charge >= 0.3 is 0 Å². The molecule has 1 fully saturated rings. The van der Waals surface area contributed by atoms with Crippen LogP contribution in [0.15, 0.2) is 54.6 Å². The van der Waals surface area contributed by atoms with Crippen molar-refractivity contribution in [3.05, 3.63) is 66.0 Å². The van der Waals surface area contributed by atoms with E-state index in [0.29, 0.717) is 5.69 Å². The first-order chi connectivity index (χ1) is 11.1. The molecule has 2 aromatic rings. The van der Waals surface area contributed by atoms with E-state index in [1.54, 1.807) is 36.2 Å². The van der Waals surface area contributed by atoms with Crippen LogP contribution in [0, 0.1) is 11.7 Å². The molecule has 118 valence electrons. The summed E-state index contributed by atoms with van der Waals surface area (Å²) in [5, 5.41) is 2.84. The summed E-state index contributed by atoms with van der Waals surface area (Å²) >= 11 is 0. The molecule has 2 atom stereocenters. The molecule has 0 radical (unpaired) electrons. The van der Waals surface area contributed by atoms with Crippen molar-refractivity contribution in [2.75, 3.05) is 12.4 Å². The Morgan fingerprint density at radius 2 is 1.78 bits per heavy atom. The van der Waals surface area contributed by atoms with Crippen LogP contribution in [0.4, 0.5) is 10.1 Å². The number of rotatable bonds is 3. The Bertz CT molecular complexity index is 716. The molecule has 23 heavy (non-hydrogen) atoms. The van der Waals surface area contributed by atoms with Crippen LogP contribution in [0.25, 0.3) is 0 Å². The third-order valence-electron chi connectivity index (χ3n) is 4.18. The number of amides is 2. The fourth-order valence-corrected chi connectivity index (χ4v) is 2.98. The number of anilines is 1. The van der Waals surface area contributed by atoms with E-state index in [-0.39, 0.29) is 30.1 Å². The second-order valence-electron chi connectivity index (χ2n) is 5.67. The molecule has 0 saturated carbocycles. The van der Waals surface area contributed by atoms with Crippen LogP contribution in [0.5, 0.6) is 0 Å². The van der Waals surface area contributed by atoms with Gasteiger partial charge in [0.2, 0.25) is 11.8 Å². The Kier molecular flexibility index (Phi) is 4.10. The fraction of sp³-hybridized carbons (Fsp3) is 0.222. The van der Waals surface area contributed by atoms with E-state index < -0.39 is 5.92 Å². The van der Waals surface area contributed by atoms with Gasteiger partial charge in [-0.1, -0.05) is 30.3 Å². The van der Waals surface area contributed by atoms with Crippen molar-refractivity contribution in [1.82, 2.24) is 4.90 Å². The number of benzene rings is 2. The minimum atomic E-state index is -0.502. The number of carbonyl (C=O) groups is 2. The van der Waals surface area contributed by atoms with E-state index in [1.807, 2.05) is 18.2 Å². The molecule has 0 spiro atoms. The van der Waals surface area contributed by atoms with Crippen molar-refractivity contribution in [3.63, 3.8) is 0 Å². The molecular formula is C18H17FN2O2. The maximum absolute atomic E-state index is 13.1. The van der Waals surface area contributed by atoms with Gasteiger partial charge in [-0.05, 0) is 29.8 Å². The molecule has 2 aromatic carbocycles. The zero-order chi connectivity index (χ0) is 16.4. The largest absolute Gasteiger partial charge is 0.338 e. The van der Waals surface area contributed by atoms with E-state index in [4.69, 9.17) is 0 Å². The molecule has 1 heterocycles. The Morgan fingerprint density at radius 3 is 2.43 bits per heavy atom. The highest BCUT2D eigenvalue weighted by molar-refractivity contribution is 5.97. The standard InChI is InChI=1S/C18H17FN2O2/c1-21-16(22)11-15(17(21)12-7-9-13(19)10-8-12)18(23)20-14-5-3-2-4-6-14/h2-10,15,17H,11H2,1H3,(H,20,23)/t15-,17+/m1/s1. The predicted octanol–water partition coefficient (Wildman–Crippen LogP) is 2.98. The SMILES string of the molecule is CN1C(=O)C[C@@H](C(=O)Nc2ccccc2)[C@@H]1c1ccc(F)cc1. The first-order valence-corrected chi connectivity index (χ1v) is 7.43. The van der Waals surface area contributed by atoms with E-state index in [1.165, 1.54) is 12.1 Å². The molecule has 1 saturated heterocycles. The molecule has 4 nitrogen and oxygen atoms in total. The predicted molar refractivity (Wildman–Crippen MR) is 85.1 cm³/mol. The number of hydrogen-bond acceptors (Lipinski definition) is 2. The smallest absolute Gasteiger partial charge is 0.230 e. The summed E-state index contributed by atoms with van der Waals surface area (Å²) in [6, 6.07) is 14.7. The van der Waals surface area contributed by atoms with Gasteiger partial charge in [-0.3, -0.25) is 9.59 Å². The lowest BCUT2D eigenvalue weighted by molar-refractivity contribution is -0.127. The van der Waals surface area contributed by atoms with Crippen LogP contribution in [-0.4, -0.2) is 23.8 Å². The minimum absolute atomic E-state index is 0.0902. The van der Waals surface area contributed by atoms with Crippen LogP contribution in [-0.2, 0) is 9.59 Å². The fourth-order valence-electron chi connectivity index (χ4n) is 2.98. The Balaban J connectivity index is 1.85. The summed E-state index contributed by atoms with van der Waals surface area (Å²) < 4.78 is 13.1. The van der Waals surface area contributed by atoms with Gasteiger partial charge in [0.1, 0.15) is 5.82 Å². The van der Waals surface area contributed by atoms with Gasteiger partial charge in [-0.15, -0.1) is 0 Å². The molecule has 1 aliphatic rings. The van der Waals surface area contributed by atoms with E-state index in [2.05, 4.69) is 5.32 Å². The molecule has 0 aliphatic carbocycles. The monoisotopic (exact) mass is 312 g/mol. The second-order valence-corrected chi connectivity index (χ2v) is 5.67. The van der Waals surface area contributed by atoms with Gasteiger partial charge < -0.3 is 10.2 Å². The Morgan fingerprint density at radius 1 is 1.13 bits per heavy atom. The average Bonchev–Trinajstić information content (AvgIpc) is 2.85. The number of halogens is 1. The summed E-state index contributed by atoms with van der Waals surface area (Å²) in [6.45, 7) is 0. The Hall–Kier alpha value is -2.69. The number of likely N-dealkylation sites (tertiary alicyclic amines) is 1. The van der Waals surface area contributed by atoms with Gasteiger partial charge in [-0.25, -0.2) is 4.39 Å². The maximum atomic E-state index is 13.1. The highest BCUT2D eigenvalue weighted by Gasteiger charge is 2.42. The molecule has 0 aromatic heterocycles. The molecule has 0 bridgehead atoms. The summed E-state index contributed by atoms with van der Waals surface area (Å²) in [7, 11) is 1.67. The van der Waals surface area contributed by atoms with Gasteiger partial charge in [-0.2, -0.15) is 0 Å². The van der Waals surface area contributed by atoms with Gasteiger partial charge in [0, 0.05) is 19.2 Å². The highest BCUT2D eigenvalue weighted by Crippen LogP contribution is 2.37. The lowest BCUT2D eigenvalue weighted by Gasteiger charge is -2.25. The minimum Gasteiger partial charge on any atom is -0.338 e. The zero-order valence-corrected chi connectivity index (χ0v) is 12.7. The van der Waals surface area contributed by atoms with E-state index in [9.17, 15) is 14.0 Å². The lowest BCUT2D eigenvalue weighted by Crippen LogP contribution is -2.30. The third kappa shape index (κ3) is 3.08. The molecule has 5 heteroatoms. The highest BCUT2D eigenvalue weighted by atomic mass is 19.1. The van der Waals surface area contributed by atoms with Gasteiger partial charge in [0.05, 0.1) is 12.0 Å². The normalized spacial score (nSPS) is 20.6. The average molecular weight is 312 g/mol. The quantitative estimate of drug-likeness (QED) is 0.947. The molecule has 2 amide bonds. The van der Waals surface area contributed by atoms with Crippen molar-refractivity contribution in [2.45, 2.75) is 12.5 Å². The number of nitrogens with zero attached hydrogens (tertiary/aromatic N) is 1. The van der Waals surface area contributed by atoms with Crippen molar-refractivity contribution >= 4 is 17.5 Å². The van der Waals surface area contributed by atoms with Crippen LogP contribution < -0.4 is 5.32 Å². The van der Waals surface area contributed by atoms with Crippen molar-refractivity contribution in [1.29, 1.82) is 0 Å². The molecule has 3 rings (SSSR count). The Labute approximate surface area is 133 Å². The van der Waals surface area contributed by atoms with E-state index in [0.717, 1.165) is 5.56 Å². The third-order valence-corrected chi connectivity index (χ3v) is 4.18. The number of carbonyl (C=O) groups excluding carboxylic acids is 2. The summed E-state index contributed by atoms with van der Waals surface area (Å²) in [4.78, 5) is 26.2. The molecule has 1 aliphatic heterocycles. The van der Waals surface area contributed by atoms with Crippen LogP contribution in [0.2, 0.25) is 0 Å². The summed E-state index contributed by atoms with van der Waals surface area (Å²) in [5.41, 5.74) is 1.45. The maximum Gasteiger partial charge on any atom is 0.230 e. The van der Waals surface area contributed by atoms with E-state index >= 15 is 0 Å². The van der Waals surface area contributed by atoms with Crippen molar-refractivity contribution in [3.8, 4) is 0 Å². The van der Waals surface area contributed by atoms with Gasteiger partial charge in [0.25, 0.3) is 0 Å². The summed E-state index contributed by atoms with van der Waals surface area (Å²) in [5.74, 6) is -1.14. The second kappa shape index (κ2) is 6.20. The van der Waals surface area contributed by atoms with Crippen LogP contribution >= 0.6 is 0 Å². The topological polar surface area (TPSA) is 49.4 Å². The first-order valence-electron chi connectivity index (χ1n) is 7.43. The van der Waals surface area contributed by atoms with Gasteiger partial charge in [0.15, 0.2) is 0 Å². The van der Waals surface area contributed by atoms with Crippen molar-refractivity contribution in [2.24, 2.45) is 5.92 Å².